The predicted molar refractivity (Wildman–Crippen MR) is 104 cm³/mol. The number of amides is 1. The van der Waals surface area contributed by atoms with E-state index in [2.05, 4.69) is 27.3 Å². The zero-order valence-corrected chi connectivity index (χ0v) is 14.9. The molecule has 5 heteroatoms. The number of para-hydroxylation sites is 2. The highest BCUT2D eigenvalue weighted by molar-refractivity contribution is 6.07. The summed E-state index contributed by atoms with van der Waals surface area (Å²) in [5.41, 5.74) is 4.53. The molecule has 5 nitrogen and oxygen atoms in total. The van der Waals surface area contributed by atoms with Gasteiger partial charge in [0.1, 0.15) is 0 Å². The zero-order chi connectivity index (χ0) is 17.7. The number of aryl methyl sites for hydroxylation is 1. The summed E-state index contributed by atoms with van der Waals surface area (Å²) in [7, 11) is 1.95. The molecule has 132 valence electrons. The molecule has 1 aliphatic heterocycles. The minimum atomic E-state index is -0.0886. The monoisotopic (exact) mass is 346 g/mol. The highest BCUT2D eigenvalue weighted by atomic mass is 16.1. The van der Waals surface area contributed by atoms with Crippen molar-refractivity contribution in [3.05, 3.63) is 54.4 Å². The van der Waals surface area contributed by atoms with Crippen LogP contribution in [0.25, 0.3) is 11.0 Å². The lowest BCUT2D eigenvalue weighted by molar-refractivity contribution is 0.102. The van der Waals surface area contributed by atoms with Crippen LogP contribution in [0.1, 0.15) is 29.6 Å². The number of rotatable bonds is 3. The van der Waals surface area contributed by atoms with E-state index in [-0.39, 0.29) is 5.91 Å². The average Bonchev–Trinajstić information content (AvgIpc) is 3.38. The number of nitrogens with one attached hydrogen (secondary N) is 1. The second-order valence-electron chi connectivity index (χ2n) is 7.52. The number of anilines is 2. The Morgan fingerprint density at radius 3 is 2.88 bits per heavy atom. The molecule has 1 saturated carbocycles. The molecule has 1 aliphatic carbocycles. The Kier molecular flexibility index (Phi) is 3.48. The predicted octanol–water partition coefficient (Wildman–Crippen LogP) is 3.81. The number of nitrogens with zero attached hydrogens (tertiary/aromatic N) is 3. The number of imidazole rings is 1. The Labute approximate surface area is 152 Å². The summed E-state index contributed by atoms with van der Waals surface area (Å²) in [5.74, 6) is 0.727. The first-order chi connectivity index (χ1) is 12.7. The normalized spacial score (nSPS) is 21.5. The first-order valence-corrected chi connectivity index (χ1v) is 9.27. The van der Waals surface area contributed by atoms with Crippen LogP contribution in [0.15, 0.2) is 48.8 Å². The first-order valence-electron chi connectivity index (χ1n) is 9.27. The fraction of sp³-hybridized carbons (Fsp3) is 0.333. The molecule has 2 fully saturated rings. The topological polar surface area (TPSA) is 50.2 Å². The van der Waals surface area contributed by atoms with E-state index in [9.17, 15) is 4.79 Å². The lowest BCUT2D eigenvalue weighted by atomic mass is 10.1. The second-order valence-corrected chi connectivity index (χ2v) is 7.52. The minimum Gasteiger partial charge on any atom is -0.367 e. The van der Waals surface area contributed by atoms with Gasteiger partial charge in [-0.2, -0.15) is 0 Å². The van der Waals surface area contributed by atoms with Gasteiger partial charge in [0.25, 0.3) is 5.91 Å². The van der Waals surface area contributed by atoms with Crippen LogP contribution in [0.4, 0.5) is 11.4 Å². The van der Waals surface area contributed by atoms with Gasteiger partial charge in [-0.3, -0.25) is 4.79 Å². The van der Waals surface area contributed by atoms with Gasteiger partial charge in [-0.15, -0.1) is 0 Å². The van der Waals surface area contributed by atoms with Gasteiger partial charge in [-0.25, -0.2) is 4.98 Å². The standard InChI is InChI=1S/C21H22N4O/c1-24-13-22-18-11-15(7-9-19(18)24)21(26)23-17-4-2-3-5-20(17)25-12-14-6-8-16(25)10-14/h2-5,7,9,11,13-14,16H,6,8,10,12H2,1H3,(H,23,26). The van der Waals surface area contributed by atoms with Crippen LogP contribution in [0.5, 0.6) is 0 Å². The number of benzene rings is 2. The Bertz CT molecular complexity index is 993. The smallest absolute Gasteiger partial charge is 0.255 e. The summed E-state index contributed by atoms with van der Waals surface area (Å²) in [6.07, 6.45) is 5.67. The molecule has 1 aromatic heterocycles. The van der Waals surface area contributed by atoms with E-state index >= 15 is 0 Å². The van der Waals surface area contributed by atoms with Gasteiger partial charge in [-0.1, -0.05) is 12.1 Å². The molecule has 2 heterocycles. The van der Waals surface area contributed by atoms with Crippen molar-refractivity contribution in [3.8, 4) is 0 Å². The lowest BCUT2D eigenvalue weighted by Crippen LogP contribution is -2.32. The quantitative estimate of drug-likeness (QED) is 0.784. The second kappa shape index (κ2) is 5.87. The third-order valence-electron chi connectivity index (χ3n) is 5.86. The van der Waals surface area contributed by atoms with Gasteiger partial charge in [-0.05, 0) is 55.5 Å². The molecule has 1 saturated heterocycles. The maximum absolute atomic E-state index is 12.8. The molecular formula is C21H22N4O. The van der Waals surface area contributed by atoms with Gasteiger partial charge in [0.15, 0.2) is 0 Å². The molecule has 2 aliphatic rings. The first kappa shape index (κ1) is 15.4. The Morgan fingerprint density at radius 1 is 1.19 bits per heavy atom. The number of hydrogen-bond donors (Lipinski definition) is 1. The van der Waals surface area contributed by atoms with Gasteiger partial charge in [0, 0.05) is 25.2 Å². The van der Waals surface area contributed by atoms with E-state index in [0.29, 0.717) is 11.6 Å². The summed E-state index contributed by atoms with van der Waals surface area (Å²) in [6, 6.07) is 14.4. The fourth-order valence-corrected chi connectivity index (χ4v) is 4.52. The molecule has 1 amide bonds. The number of fused-ring (bicyclic) bond motifs is 3. The highest BCUT2D eigenvalue weighted by Gasteiger charge is 2.38. The summed E-state index contributed by atoms with van der Waals surface area (Å²) < 4.78 is 1.95. The molecule has 2 aromatic carbocycles. The van der Waals surface area contributed by atoms with Gasteiger partial charge in [0.2, 0.25) is 0 Å². The van der Waals surface area contributed by atoms with Crippen LogP contribution in [0.2, 0.25) is 0 Å². The number of piperidine rings is 1. The highest BCUT2D eigenvalue weighted by Crippen LogP contribution is 2.42. The largest absolute Gasteiger partial charge is 0.367 e. The Hall–Kier alpha value is -2.82. The maximum Gasteiger partial charge on any atom is 0.255 e. The van der Waals surface area contributed by atoms with Crippen molar-refractivity contribution in [1.82, 2.24) is 9.55 Å². The molecule has 3 aromatic rings. The third kappa shape index (κ3) is 2.46. The van der Waals surface area contributed by atoms with Crippen LogP contribution in [-0.2, 0) is 7.05 Å². The molecule has 2 bridgehead atoms. The van der Waals surface area contributed by atoms with Crippen molar-refractivity contribution < 1.29 is 4.79 Å². The number of hydrogen-bond acceptors (Lipinski definition) is 3. The summed E-state index contributed by atoms with van der Waals surface area (Å²) in [6.45, 7) is 1.11. The Morgan fingerprint density at radius 2 is 2.08 bits per heavy atom. The molecule has 2 unspecified atom stereocenters. The fourth-order valence-electron chi connectivity index (χ4n) is 4.52. The summed E-state index contributed by atoms with van der Waals surface area (Å²) in [5, 5.41) is 3.12. The van der Waals surface area contributed by atoms with Crippen LogP contribution in [0.3, 0.4) is 0 Å². The molecule has 2 atom stereocenters. The summed E-state index contributed by atoms with van der Waals surface area (Å²) >= 11 is 0. The van der Waals surface area contributed by atoms with Crippen molar-refractivity contribution in [3.63, 3.8) is 0 Å². The van der Waals surface area contributed by atoms with Gasteiger partial charge in [0.05, 0.1) is 28.7 Å². The number of aromatic nitrogens is 2. The average molecular weight is 346 g/mol. The minimum absolute atomic E-state index is 0.0886. The van der Waals surface area contributed by atoms with Crippen molar-refractivity contribution >= 4 is 28.3 Å². The number of carbonyl (C=O) groups is 1. The van der Waals surface area contributed by atoms with Crippen LogP contribution in [0, 0.1) is 5.92 Å². The van der Waals surface area contributed by atoms with Crippen LogP contribution < -0.4 is 10.2 Å². The van der Waals surface area contributed by atoms with E-state index in [4.69, 9.17) is 0 Å². The zero-order valence-electron chi connectivity index (χ0n) is 14.9. The molecule has 0 radical (unpaired) electrons. The summed E-state index contributed by atoms with van der Waals surface area (Å²) in [4.78, 5) is 19.7. The van der Waals surface area contributed by atoms with Gasteiger partial charge < -0.3 is 14.8 Å². The van der Waals surface area contributed by atoms with E-state index in [1.165, 1.54) is 19.3 Å². The van der Waals surface area contributed by atoms with Crippen LogP contribution >= 0.6 is 0 Å². The molecule has 5 rings (SSSR count). The molecule has 26 heavy (non-hydrogen) atoms. The number of carbonyl (C=O) groups excluding carboxylic acids is 1. The molecule has 0 spiro atoms. The van der Waals surface area contributed by atoms with Gasteiger partial charge >= 0.3 is 0 Å². The van der Waals surface area contributed by atoms with Crippen molar-refractivity contribution in [2.75, 3.05) is 16.8 Å². The van der Waals surface area contributed by atoms with E-state index in [0.717, 1.165) is 34.9 Å². The Balaban J connectivity index is 1.42. The van der Waals surface area contributed by atoms with E-state index < -0.39 is 0 Å². The SMILES string of the molecule is Cn1cnc2cc(C(=O)Nc3ccccc3N3CC4CCC3C4)ccc21. The third-order valence-corrected chi connectivity index (χ3v) is 5.86. The molecule has 1 N–H and O–H groups in total. The van der Waals surface area contributed by atoms with E-state index in [1.807, 2.05) is 41.9 Å². The van der Waals surface area contributed by atoms with Crippen molar-refractivity contribution in [2.45, 2.75) is 25.3 Å². The van der Waals surface area contributed by atoms with Crippen molar-refractivity contribution in [2.24, 2.45) is 13.0 Å². The van der Waals surface area contributed by atoms with Crippen LogP contribution in [-0.4, -0.2) is 28.0 Å². The lowest BCUT2D eigenvalue weighted by Gasteiger charge is -2.31. The van der Waals surface area contributed by atoms with E-state index in [1.54, 1.807) is 6.33 Å². The van der Waals surface area contributed by atoms with Crippen molar-refractivity contribution in [1.29, 1.82) is 0 Å². The maximum atomic E-state index is 12.8. The molecular weight excluding hydrogens is 324 g/mol.